The van der Waals surface area contributed by atoms with Crippen LogP contribution in [0.1, 0.15) is 258 Å². The quantitative estimate of drug-likeness (QED) is 0.0195. The predicted molar refractivity (Wildman–Crippen MR) is 305 cm³/mol. The Morgan fingerprint density at radius 1 is 0.444 bits per heavy atom. The summed E-state index contributed by atoms with van der Waals surface area (Å²) in [6.07, 6.45) is 69.6. The van der Waals surface area contributed by atoms with Crippen LogP contribution >= 0.6 is 7.82 Å². The van der Waals surface area contributed by atoms with Crippen molar-refractivity contribution in [3.63, 3.8) is 0 Å². The number of carbonyl (C=O) groups excluding carboxylic acids is 2. The zero-order valence-electron chi connectivity index (χ0n) is 47.4. The topological polar surface area (TPSA) is 111 Å². The summed E-state index contributed by atoms with van der Waals surface area (Å²) in [4.78, 5) is 37.8. The van der Waals surface area contributed by atoms with Gasteiger partial charge >= 0.3 is 11.9 Å². The largest absolute Gasteiger partial charge is 0.756 e. The van der Waals surface area contributed by atoms with E-state index in [9.17, 15) is 19.0 Å². The third kappa shape index (κ3) is 56.7. The first-order chi connectivity index (χ1) is 35.0. The van der Waals surface area contributed by atoms with E-state index in [-0.39, 0.29) is 32.0 Å². The fourth-order valence-electron chi connectivity index (χ4n) is 8.15. The zero-order valence-corrected chi connectivity index (χ0v) is 48.3. The smallest absolute Gasteiger partial charge is 0.306 e. The van der Waals surface area contributed by atoms with Crippen molar-refractivity contribution in [2.75, 3.05) is 47.5 Å². The molecule has 0 aliphatic rings. The summed E-state index contributed by atoms with van der Waals surface area (Å²) in [5, 5.41) is 0. The van der Waals surface area contributed by atoms with Gasteiger partial charge in [-0.3, -0.25) is 14.2 Å². The molecule has 0 aliphatic carbocycles. The third-order valence-electron chi connectivity index (χ3n) is 12.7. The van der Waals surface area contributed by atoms with E-state index in [0.29, 0.717) is 17.4 Å². The van der Waals surface area contributed by atoms with Gasteiger partial charge in [0.2, 0.25) is 0 Å². The minimum atomic E-state index is -4.64. The summed E-state index contributed by atoms with van der Waals surface area (Å²) < 4.78 is 34.1. The van der Waals surface area contributed by atoms with Crippen LogP contribution in [-0.2, 0) is 32.7 Å². The first-order valence-electron chi connectivity index (χ1n) is 29.6. The summed E-state index contributed by atoms with van der Waals surface area (Å²) in [7, 11) is 1.16. The first-order valence-corrected chi connectivity index (χ1v) is 31.1. The zero-order chi connectivity index (χ0) is 52.7. The van der Waals surface area contributed by atoms with Gasteiger partial charge in [-0.2, -0.15) is 0 Å². The van der Waals surface area contributed by atoms with Gasteiger partial charge in [-0.25, -0.2) is 0 Å². The lowest BCUT2D eigenvalue weighted by Crippen LogP contribution is -2.37. The number of hydrogen-bond donors (Lipinski definition) is 0. The van der Waals surface area contributed by atoms with Crippen molar-refractivity contribution < 1.29 is 42.1 Å². The van der Waals surface area contributed by atoms with Gasteiger partial charge in [0, 0.05) is 12.8 Å². The summed E-state index contributed by atoms with van der Waals surface area (Å²) >= 11 is 0. The number of hydrogen-bond acceptors (Lipinski definition) is 8. The molecule has 0 saturated heterocycles. The second kappa shape index (κ2) is 53.3. The van der Waals surface area contributed by atoms with Gasteiger partial charge in [-0.1, -0.05) is 234 Å². The van der Waals surface area contributed by atoms with Crippen LogP contribution in [0, 0.1) is 0 Å². The van der Waals surface area contributed by atoms with E-state index in [4.69, 9.17) is 18.5 Å². The predicted octanol–water partition coefficient (Wildman–Crippen LogP) is 17.8. The number of phosphoric acid groups is 1. The van der Waals surface area contributed by atoms with Crippen molar-refractivity contribution in [1.29, 1.82) is 0 Å². The molecule has 0 heterocycles. The van der Waals surface area contributed by atoms with Crippen molar-refractivity contribution in [2.45, 2.75) is 264 Å². The maximum Gasteiger partial charge on any atom is 0.306 e. The molecule has 0 bridgehead atoms. The van der Waals surface area contributed by atoms with Gasteiger partial charge < -0.3 is 27.9 Å². The molecule has 0 aromatic heterocycles. The highest BCUT2D eigenvalue weighted by Crippen LogP contribution is 2.38. The number of esters is 2. The van der Waals surface area contributed by atoms with E-state index in [2.05, 4.69) is 86.8 Å². The Labute approximate surface area is 444 Å². The molecule has 72 heavy (non-hydrogen) atoms. The molecule has 418 valence electrons. The summed E-state index contributed by atoms with van der Waals surface area (Å²) in [5.74, 6) is -0.837. The standard InChI is InChI=1S/C62H112NO8P/c1-6-8-10-12-14-16-18-20-22-23-24-25-26-27-28-29-30-31-32-33-34-35-36-37-38-39-41-43-45-47-49-51-53-55-62(65)71-60(59-70-72(66,67)69-57-56-63(3,4)5)58-68-61(64)54-52-50-48-46-44-42-40-21-19-17-15-13-11-9-7-2/h8,10,14,16,20-22,24-25,27-28,40,60H,6-7,9,11-13,15,17-19,23,26,29-39,41-59H2,1-5H3/b10-8-,16-14-,22-20-,25-24-,28-27-,40-21-. The van der Waals surface area contributed by atoms with Crippen molar-refractivity contribution >= 4 is 19.8 Å². The molecule has 0 fully saturated rings. The number of quaternary nitrogens is 1. The molecule has 0 amide bonds. The fourth-order valence-corrected chi connectivity index (χ4v) is 8.88. The van der Waals surface area contributed by atoms with E-state index in [1.165, 1.54) is 135 Å². The Kier molecular flexibility index (Phi) is 51.4. The van der Waals surface area contributed by atoms with Crippen LogP contribution < -0.4 is 4.89 Å². The molecule has 0 saturated carbocycles. The van der Waals surface area contributed by atoms with Gasteiger partial charge in [-0.05, 0) is 83.5 Å². The van der Waals surface area contributed by atoms with Gasteiger partial charge in [0.1, 0.15) is 19.8 Å². The molecule has 2 unspecified atom stereocenters. The van der Waals surface area contributed by atoms with Crippen LogP contribution in [0.4, 0.5) is 0 Å². The lowest BCUT2D eigenvalue weighted by Gasteiger charge is -2.28. The van der Waals surface area contributed by atoms with Gasteiger partial charge in [0.15, 0.2) is 6.10 Å². The van der Waals surface area contributed by atoms with Crippen molar-refractivity contribution in [1.82, 2.24) is 0 Å². The summed E-state index contributed by atoms with van der Waals surface area (Å²) in [6.45, 7) is 4.13. The van der Waals surface area contributed by atoms with Crippen molar-refractivity contribution in [2.24, 2.45) is 0 Å². The number of ether oxygens (including phenoxy) is 2. The van der Waals surface area contributed by atoms with E-state index in [1.807, 2.05) is 21.1 Å². The number of likely N-dealkylation sites (N-methyl/N-ethyl adjacent to an activating group) is 1. The maximum absolute atomic E-state index is 12.8. The number of nitrogens with zero attached hydrogens (tertiary/aromatic N) is 1. The third-order valence-corrected chi connectivity index (χ3v) is 13.7. The Morgan fingerprint density at radius 2 is 0.792 bits per heavy atom. The fraction of sp³-hybridized carbons (Fsp3) is 0.774. The highest BCUT2D eigenvalue weighted by atomic mass is 31.2. The van der Waals surface area contributed by atoms with Crippen LogP contribution in [0.5, 0.6) is 0 Å². The monoisotopic (exact) mass is 1030 g/mol. The average Bonchev–Trinajstić information content (AvgIpc) is 3.34. The van der Waals surface area contributed by atoms with E-state index in [1.54, 1.807) is 0 Å². The van der Waals surface area contributed by atoms with E-state index in [0.717, 1.165) is 89.9 Å². The van der Waals surface area contributed by atoms with E-state index < -0.39 is 26.5 Å². The number of allylic oxidation sites excluding steroid dienone is 12. The molecule has 0 N–H and O–H groups in total. The molecule has 0 rings (SSSR count). The minimum Gasteiger partial charge on any atom is -0.756 e. The van der Waals surface area contributed by atoms with E-state index >= 15 is 0 Å². The Hall–Kier alpha value is -2.55. The lowest BCUT2D eigenvalue weighted by molar-refractivity contribution is -0.870. The first kappa shape index (κ1) is 69.5. The second-order valence-corrected chi connectivity index (χ2v) is 22.4. The number of carbonyl (C=O) groups is 2. The van der Waals surface area contributed by atoms with Crippen LogP contribution in [0.15, 0.2) is 72.9 Å². The molecule has 0 radical (unpaired) electrons. The highest BCUT2D eigenvalue weighted by molar-refractivity contribution is 7.45. The molecular weight excluding hydrogens is 918 g/mol. The molecule has 10 heteroatoms. The van der Waals surface area contributed by atoms with Crippen LogP contribution in [0.2, 0.25) is 0 Å². The molecule has 0 aromatic carbocycles. The Balaban J connectivity index is 4.05. The number of phosphoric ester groups is 1. The summed E-state index contributed by atoms with van der Waals surface area (Å²) in [6, 6.07) is 0. The van der Waals surface area contributed by atoms with Crippen LogP contribution in [0.3, 0.4) is 0 Å². The molecule has 0 spiro atoms. The second-order valence-electron chi connectivity index (χ2n) is 21.0. The Morgan fingerprint density at radius 3 is 1.19 bits per heavy atom. The SMILES string of the molecule is CC/C=C\C/C=C\C/C=C\C/C=C\C/C=C\CCCCCCCCCCCCCCCCCCCC(=O)OC(COC(=O)CCCCCCC/C=C\CCCCCCCC)COP(=O)([O-])OCC[N+](C)(C)C. The van der Waals surface area contributed by atoms with Crippen LogP contribution in [0.25, 0.3) is 0 Å². The lowest BCUT2D eigenvalue weighted by atomic mass is 10.0. The Bertz CT molecular complexity index is 1450. The van der Waals surface area contributed by atoms with Crippen LogP contribution in [-0.4, -0.2) is 70.0 Å². The molecule has 9 nitrogen and oxygen atoms in total. The molecule has 2 atom stereocenters. The van der Waals surface area contributed by atoms with Gasteiger partial charge in [-0.15, -0.1) is 0 Å². The number of rotatable bonds is 54. The maximum atomic E-state index is 12.8. The van der Waals surface area contributed by atoms with Crippen molar-refractivity contribution in [3.05, 3.63) is 72.9 Å². The molecule has 0 aliphatic heterocycles. The number of unbranched alkanes of at least 4 members (excludes halogenated alkanes) is 28. The highest BCUT2D eigenvalue weighted by Gasteiger charge is 2.22. The minimum absolute atomic E-state index is 0.0328. The molecule has 0 aromatic rings. The molecular formula is C62H112NO8P. The normalized spacial score (nSPS) is 13.8. The van der Waals surface area contributed by atoms with Gasteiger partial charge in [0.05, 0.1) is 27.7 Å². The summed E-state index contributed by atoms with van der Waals surface area (Å²) in [5.41, 5.74) is 0. The van der Waals surface area contributed by atoms with Gasteiger partial charge in [0.25, 0.3) is 7.82 Å². The van der Waals surface area contributed by atoms with Crippen molar-refractivity contribution in [3.8, 4) is 0 Å². The average molecular weight is 1030 g/mol.